The monoisotopic (exact) mass is 412 g/mol. The van der Waals surface area contributed by atoms with Crippen molar-refractivity contribution in [3.8, 4) is 0 Å². The van der Waals surface area contributed by atoms with E-state index in [4.69, 9.17) is 21.1 Å². The molecule has 0 radical (unpaired) electrons. The summed E-state index contributed by atoms with van der Waals surface area (Å²) in [5, 5.41) is 0.531. The molecule has 2 aliphatic carbocycles. The second kappa shape index (κ2) is 5.85. The molecule has 1 heterocycles. The maximum Gasteiger partial charge on any atom is 0.310 e. The summed E-state index contributed by atoms with van der Waals surface area (Å²) < 4.78 is 10.6. The van der Waals surface area contributed by atoms with Gasteiger partial charge in [0.25, 0.3) is 0 Å². The van der Waals surface area contributed by atoms with E-state index in [-0.39, 0.29) is 41.1 Å². The normalized spacial score (nSPS) is 35.8. The Morgan fingerprint density at radius 2 is 1.96 bits per heavy atom. The molecule has 126 valence electrons. The second-order valence-corrected chi connectivity index (χ2v) is 7.99. The lowest BCUT2D eigenvalue weighted by Crippen LogP contribution is -2.39. The Morgan fingerprint density at radius 1 is 1.25 bits per heavy atom. The van der Waals surface area contributed by atoms with Gasteiger partial charge in [0, 0.05) is 16.5 Å². The number of ether oxygens (including phenoxy) is 2. The molecule has 0 N–H and O–H groups in total. The predicted molar refractivity (Wildman–Crippen MR) is 87.9 cm³/mol. The van der Waals surface area contributed by atoms with Crippen LogP contribution in [0.5, 0.6) is 0 Å². The fraction of sp³-hybridized carbons (Fsp3) is 0.471. The molecule has 1 aromatic rings. The van der Waals surface area contributed by atoms with Gasteiger partial charge in [0.05, 0.1) is 16.7 Å². The van der Waals surface area contributed by atoms with Crippen LogP contribution < -0.4 is 0 Å². The van der Waals surface area contributed by atoms with Crippen LogP contribution in [-0.2, 0) is 19.1 Å². The van der Waals surface area contributed by atoms with Crippen LogP contribution in [0.15, 0.2) is 24.3 Å². The molecule has 3 fully saturated rings. The largest absolute Gasteiger partial charge is 0.461 e. The molecule has 1 aromatic carbocycles. The molecule has 5 nitrogen and oxygen atoms in total. The van der Waals surface area contributed by atoms with E-state index in [0.29, 0.717) is 10.6 Å². The number of benzene rings is 1. The zero-order valence-corrected chi connectivity index (χ0v) is 14.8. The van der Waals surface area contributed by atoms with Gasteiger partial charge in [-0.3, -0.25) is 14.4 Å². The number of hydrogen-bond acceptors (Lipinski definition) is 5. The smallest absolute Gasteiger partial charge is 0.310 e. The highest BCUT2D eigenvalue weighted by molar-refractivity contribution is 9.09. The van der Waals surface area contributed by atoms with Crippen molar-refractivity contribution in [2.24, 2.45) is 23.7 Å². The van der Waals surface area contributed by atoms with Crippen molar-refractivity contribution in [2.75, 3.05) is 6.61 Å². The third-order valence-electron chi connectivity index (χ3n) is 5.31. The Bertz CT molecular complexity index is 718. The average molecular weight is 414 g/mol. The van der Waals surface area contributed by atoms with E-state index in [1.165, 1.54) is 0 Å². The molecule has 6 atom stereocenters. The van der Waals surface area contributed by atoms with Crippen LogP contribution in [0.3, 0.4) is 0 Å². The summed E-state index contributed by atoms with van der Waals surface area (Å²) in [5.74, 6) is -1.95. The van der Waals surface area contributed by atoms with Gasteiger partial charge in [0.2, 0.25) is 0 Å². The van der Waals surface area contributed by atoms with Gasteiger partial charge in [0.1, 0.15) is 6.10 Å². The van der Waals surface area contributed by atoms with E-state index < -0.39 is 17.8 Å². The van der Waals surface area contributed by atoms with Gasteiger partial charge in [-0.05, 0) is 36.6 Å². The average Bonchev–Trinajstić information content (AvgIpc) is 3.17. The summed E-state index contributed by atoms with van der Waals surface area (Å²) in [6.45, 7) is -0.341. The molecule has 24 heavy (non-hydrogen) atoms. The number of halogens is 2. The Labute approximate surface area is 151 Å². The first-order chi connectivity index (χ1) is 11.5. The Morgan fingerprint density at radius 3 is 2.67 bits per heavy atom. The van der Waals surface area contributed by atoms with E-state index in [1.54, 1.807) is 24.3 Å². The molecule has 1 saturated heterocycles. The molecule has 2 bridgehead atoms. The fourth-order valence-corrected chi connectivity index (χ4v) is 5.42. The van der Waals surface area contributed by atoms with Gasteiger partial charge in [-0.25, -0.2) is 0 Å². The molecular weight excluding hydrogens is 400 g/mol. The number of hydrogen-bond donors (Lipinski definition) is 0. The summed E-state index contributed by atoms with van der Waals surface area (Å²) in [6.07, 6.45) is 0.647. The van der Waals surface area contributed by atoms with Gasteiger partial charge in [-0.15, -0.1) is 0 Å². The molecule has 0 aromatic heterocycles. The summed E-state index contributed by atoms with van der Waals surface area (Å²) >= 11 is 9.33. The summed E-state index contributed by atoms with van der Waals surface area (Å²) in [5.41, 5.74) is 0.429. The third-order valence-corrected chi connectivity index (χ3v) is 6.76. The highest BCUT2D eigenvalue weighted by Gasteiger charge is 2.68. The molecule has 3 aliphatic rings. The SMILES string of the molecule is O=C(COC(=O)[C@@H]1[C@H]2C[C@H]3[C@H](OC(=O)[C@@H]31)[C@@H]2Br)c1ccc(Cl)cc1. The topological polar surface area (TPSA) is 69.7 Å². The number of ketones is 1. The lowest BCUT2D eigenvalue weighted by atomic mass is 9.80. The van der Waals surface area contributed by atoms with Crippen LogP contribution in [0.1, 0.15) is 16.8 Å². The van der Waals surface area contributed by atoms with Crippen LogP contribution in [0, 0.1) is 23.7 Å². The molecule has 0 amide bonds. The molecule has 0 spiro atoms. The quantitative estimate of drug-likeness (QED) is 0.431. The number of Topliss-reactive ketones (excluding diaryl/α,β-unsaturated/α-hetero) is 1. The van der Waals surface area contributed by atoms with Crippen LogP contribution in [0.4, 0.5) is 0 Å². The van der Waals surface area contributed by atoms with Crippen LogP contribution in [0.25, 0.3) is 0 Å². The van der Waals surface area contributed by atoms with Crippen LogP contribution in [-0.4, -0.2) is 35.3 Å². The standard InChI is InChI=1S/C17H14BrClO5/c18-14-9-5-10-13(17(22)24-15(10)14)12(9)16(21)23-6-11(20)7-1-3-8(19)4-2-7/h1-4,9-10,12-15H,5-6H2/t9-,10-,12-,13+,14-,15+/m1/s1. The van der Waals surface area contributed by atoms with Gasteiger partial charge in [-0.1, -0.05) is 27.5 Å². The zero-order chi connectivity index (χ0) is 17.0. The van der Waals surface area contributed by atoms with Crippen LogP contribution in [0.2, 0.25) is 5.02 Å². The first-order valence-corrected chi connectivity index (χ1v) is 9.06. The maximum atomic E-state index is 12.5. The number of alkyl halides is 1. The van der Waals surface area contributed by atoms with Crippen molar-refractivity contribution < 1.29 is 23.9 Å². The Balaban J connectivity index is 1.43. The minimum atomic E-state index is -0.524. The predicted octanol–water partition coefficient (Wildman–Crippen LogP) is 2.64. The molecule has 0 unspecified atom stereocenters. The fourth-order valence-electron chi connectivity index (χ4n) is 4.25. The molecule has 2 saturated carbocycles. The summed E-state index contributed by atoms with van der Waals surface area (Å²) in [4.78, 5) is 36.6. The van der Waals surface area contributed by atoms with Gasteiger partial charge < -0.3 is 9.47 Å². The number of esters is 2. The molecule has 4 rings (SSSR count). The first kappa shape index (κ1) is 16.1. The number of carbonyl (C=O) groups is 3. The van der Waals surface area contributed by atoms with Crippen LogP contribution >= 0.6 is 27.5 Å². The first-order valence-electron chi connectivity index (χ1n) is 7.77. The van der Waals surface area contributed by atoms with Crippen molar-refractivity contribution in [1.82, 2.24) is 0 Å². The lowest BCUT2D eigenvalue weighted by Gasteiger charge is -2.26. The molecule has 1 aliphatic heterocycles. The van der Waals surface area contributed by atoms with E-state index in [9.17, 15) is 14.4 Å². The maximum absolute atomic E-state index is 12.5. The third kappa shape index (κ3) is 2.39. The van der Waals surface area contributed by atoms with Crippen molar-refractivity contribution in [1.29, 1.82) is 0 Å². The Hall–Kier alpha value is -1.40. The Kier molecular flexibility index (Phi) is 3.92. The number of carbonyl (C=O) groups excluding carboxylic acids is 3. The molecular formula is C17H14BrClO5. The minimum absolute atomic E-state index is 0.0188. The van der Waals surface area contributed by atoms with E-state index in [2.05, 4.69) is 15.9 Å². The van der Waals surface area contributed by atoms with Gasteiger partial charge >= 0.3 is 11.9 Å². The van der Waals surface area contributed by atoms with Crippen molar-refractivity contribution >= 4 is 45.3 Å². The van der Waals surface area contributed by atoms with Crippen molar-refractivity contribution in [3.05, 3.63) is 34.9 Å². The second-order valence-electron chi connectivity index (χ2n) is 6.50. The van der Waals surface area contributed by atoms with Gasteiger partial charge in [0.15, 0.2) is 12.4 Å². The summed E-state index contributed by atoms with van der Waals surface area (Å²) in [6, 6.07) is 6.39. The zero-order valence-electron chi connectivity index (χ0n) is 12.5. The van der Waals surface area contributed by atoms with E-state index in [1.807, 2.05) is 0 Å². The van der Waals surface area contributed by atoms with E-state index in [0.717, 1.165) is 6.42 Å². The highest BCUT2D eigenvalue weighted by Crippen LogP contribution is 2.60. The minimum Gasteiger partial charge on any atom is -0.461 e. The summed E-state index contributed by atoms with van der Waals surface area (Å²) in [7, 11) is 0. The number of fused-ring (bicyclic) bond motifs is 1. The lowest BCUT2D eigenvalue weighted by molar-refractivity contribution is -0.154. The molecule has 7 heteroatoms. The highest BCUT2D eigenvalue weighted by atomic mass is 79.9. The number of rotatable bonds is 4. The van der Waals surface area contributed by atoms with E-state index >= 15 is 0 Å². The van der Waals surface area contributed by atoms with Gasteiger partial charge in [-0.2, -0.15) is 0 Å². The van der Waals surface area contributed by atoms with Crippen molar-refractivity contribution in [3.63, 3.8) is 0 Å². The van der Waals surface area contributed by atoms with Crippen molar-refractivity contribution in [2.45, 2.75) is 17.4 Å².